The first-order valence-electron chi connectivity index (χ1n) is 3.30. The minimum Gasteiger partial charge on any atom is -0.457 e. The van der Waals surface area contributed by atoms with Crippen LogP contribution in [0.3, 0.4) is 0 Å². The molecule has 0 aliphatic carbocycles. The van der Waals surface area contributed by atoms with Gasteiger partial charge in [-0.1, -0.05) is 20.8 Å². The number of hydrogen-bond acceptors (Lipinski definition) is 2. The topological polar surface area (TPSA) is 62.7 Å². The fourth-order valence-corrected chi connectivity index (χ4v) is 0.372. The molecule has 0 saturated carbocycles. The van der Waals surface area contributed by atoms with Crippen LogP contribution in [0.2, 0.25) is 0 Å². The molecule has 0 spiro atoms. The van der Waals surface area contributed by atoms with Crippen LogP contribution in [0.25, 0.3) is 5.53 Å². The monoisotopic (exact) mass is 156 g/mol. The maximum absolute atomic E-state index is 10.6. The van der Waals surface area contributed by atoms with E-state index in [9.17, 15) is 4.79 Å². The van der Waals surface area contributed by atoms with Gasteiger partial charge in [-0.15, -0.1) is 0 Å². The molecule has 62 valence electrons. The van der Waals surface area contributed by atoms with Crippen molar-refractivity contribution in [3.05, 3.63) is 5.53 Å². The largest absolute Gasteiger partial charge is 0.457 e. The molecule has 0 rings (SSSR count). The lowest BCUT2D eigenvalue weighted by molar-refractivity contribution is -0.141. The summed E-state index contributed by atoms with van der Waals surface area (Å²) in [6.45, 7) is 6.14. The molecule has 11 heavy (non-hydrogen) atoms. The molecule has 0 aromatic carbocycles. The smallest absolute Gasteiger partial charge is 0.413 e. The number of esters is 1. The highest BCUT2D eigenvalue weighted by molar-refractivity contribution is 6.20. The van der Waals surface area contributed by atoms with E-state index in [0.717, 1.165) is 6.21 Å². The van der Waals surface area contributed by atoms with E-state index in [1.807, 2.05) is 20.8 Å². The summed E-state index contributed by atoms with van der Waals surface area (Å²) < 4.78 is 4.70. The zero-order valence-corrected chi connectivity index (χ0v) is 7.00. The fourth-order valence-electron chi connectivity index (χ4n) is 0.372. The average molecular weight is 156 g/mol. The maximum atomic E-state index is 10.6. The van der Waals surface area contributed by atoms with Gasteiger partial charge in [-0.25, -0.2) is 4.79 Å². The van der Waals surface area contributed by atoms with Crippen molar-refractivity contribution in [3.8, 4) is 0 Å². The van der Waals surface area contributed by atoms with Gasteiger partial charge in [-0.05, 0) is 5.41 Å². The summed E-state index contributed by atoms with van der Waals surface area (Å²) in [6, 6.07) is 0. The van der Waals surface area contributed by atoms with Crippen molar-refractivity contribution in [1.82, 2.24) is 0 Å². The van der Waals surface area contributed by atoms with Crippen LogP contribution in [0.15, 0.2) is 0 Å². The molecular weight excluding hydrogens is 144 g/mol. The molecule has 0 heterocycles. The molecule has 0 atom stereocenters. The van der Waals surface area contributed by atoms with Gasteiger partial charge in [-0.3, -0.25) is 0 Å². The van der Waals surface area contributed by atoms with E-state index in [1.165, 1.54) is 0 Å². The Kier molecular flexibility index (Phi) is 3.48. The molecule has 0 aromatic rings. The molecule has 0 amide bonds. The molecular formula is C7H12N2O2. The van der Waals surface area contributed by atoms with Gasteiger partial charge in [0.2, 0.25) is 0 Å². The van der Waals surface area contributed by atoms with Crippen molar-refractivity contribution in [2.45, 2.75) is 20.8 Å². The molecule has 0 saturated heterocycles. The number of hydrogen-bond donors (Lipinski definition) is 0. The van der Waals surface area contributed by atoms with E-state index in [0.29, 0.717) is 6.61 Å². The van der Waals surface area contributed by atoms with Crippen molar-refractivity contribution in [3.63, 3.8) is 0 Å². The first-order chi connectivity index (χ1) is 4.95. The summed E-state index contributed by atoms with van der Waals surface area (Å²) in [6.07, 6.45) is 0.728. The molecule has 0 aliphatic heterocycles. The van der Waals surface area contributed by atoms with Crippen molar-refractivity contribution in [2.75, 3.05) is 6.61 Å². The van der Waals surface area contributed by atoms with Gasteiger partial charge in [0.1, 0.15) is 0 Å². The van der Waals surface area contributed by atoms with Gasteiger partial charge in [0, 0.05) is 0 Å². The number of carbonyl (C=O) groups excluding carboxylic acids is 1. The van der Waals surface area contributed by atoms with Gasteiger partial charge in [0.05, 0.1) is 6.61 Å². The molecule has 0 unspecified atom stereocenters. The lowest BCUT2D eigenvalue weighted by atomic mass is 9.99. The van der Waals surface area contributed by atoms with Gasteiger partial charge < -0.3 is 10.3 Å². The van der Waals surface area contributed by atoms with Crippen LogP contribution in [0.5, 0.6) is 0 Å². The molecule has 0 aromatic heterocycles. The zero-order chi connectivity index (χ0) is 8.91. The molecule has 0 bridgehead atoms. The number of carbonyl (C=O) groups is 1. The summed E-state index contributed by atoms with van der Waals surface area (Å²) in [7, 11) is 0. The molecule has 0 N–H and O–H groups in total. The highest BCUT2D eigenvalue weighted by atomic mass is 16.5. The Hall–Kier alpha value is -1.15. The summed E-state index contributed by atoms with van der Waals surface area (Å²) in [5.74, 6) is -0.623. The first kappa shape index (κ1) is 9.85. The minimum atomic E-state index is -0.623. The van der Waals surface area contributed by atoms with Gasteiger partial charge in [0.25, 0.3) is 0 Å². The van der Waals surface area contributed by atoms with Gasteiger partial charge in [0.15, 0.2) is 0 Å². The Balaban J connectivity index is 3.72. The van der Waals surface area contributed by atoms with E-state index in [4.69, 9.17) is 10.3 Å². The number of rotatable bonds is 2. The lowest BCUT2D eigenvalue weighted by Crippen LogP contribution is -2.18. The maximum Gasteiger partial charge on any atom is 0.413 e. The summed E-state index contributed by atoms with van der Waals surface area (Å²) in [5, 5.41) is 0. The Morgan fingerprint density at radius 3 is 2.55 bits per heavy atom. The first-order valence-corrected chi connectivity index (χ1v) is 3.30. The Morgan fingerprint density at radius 2 is 2.18 bits per heavy atom. The van der Waals surface area contributed by atoms with E-state index in [1.54, 1.807) is 0 Å². The summed E-state index contributed by atoms with van der Waals surface area (Å²) in [5.41, 5.74) is 7.88. The zero-order valence-electron chi connectivity index (χ0n) is 7.00. The molecule has 4 nitrogen and oxygen atoms in total. The van der Waals surface area contributed by atoms with Crippen LogP contribution in [0.4, 0.5) is 0 Å². The third-order valence-corrected chi connectivity index (χ3v) is 0.811. The van der Waals surface area contributed by atoms with Crippen molar-refractivity contribution < 1.29 is 14.3 Å². The number of ether oxygens (including phenoxy) is 1. The Bertz CT molecular complexity index is 187. The third-order valence-electron chi connectivity index (χ3n) is 0.811. The normalized spacial score (nSPS) is 10.1. The lowest BCUT2D eigenvalue weighted by Gasteiger charge is -2.15. The van der Waals surface area contributed by atoms with Crippen LogP contribution in [-0.2, 0) is 9.53 Å². The van der Waals surface area contributed by atoms with Gasteiger partial charge in [-0.2, -0.15) is 4.79 Å². The third kappa shape index (κ3) is 6.74. The van der Waals surface area contributed by atoms with E-state index in [-0.39, 0.29) is 5.41 Å². The van der Waals surface area contributed by atoms with Crippen LogP contribution < -0.4 is 0 Å². The van der Waals surface area contributed by atoms with E-state index in [2.05, 4.69) is 4.79 Å². The molecule has 0 aliphatic rings. The highest BCUT2D eigenvalue weighted by Gasteiger charge is 2.13. The molecule has 4 heteroatoms. The van der Waals surface area contributed by atoms with E-state index >= 15 is 0 Å². The van der Waals surface area contributed by atoms with Crippen molar-refractivity contribution >= 4 is 12.2 Å². The second-order valence-corrected chi connectivity index (χ2v) is 3.41. The van der Waals surface area contributed by atoms with E-state index < -0.39 is 5.97 Å². The van der Waals surface area contributed by atoms with Crippen molar-refractivity contribution in [2.24, 2.45) is 5.41 Å². The second-order valence-electron chi connectivity index (χ2n) is 3.41. The Morgan fingerprint density at radius 1 is 1.64 bits per heavy atom. The fraction of sp³-hybridized carbons (Fsp3) is 0.714. The summed E-state index contributed by atoms with van der Waals surface area (Å²) in [4.78, 5) is 13.1. The molecule has 0 fully saturated rings. The summed E-state index contributed by atoms with van der Waals surface area (Å²) >= 11 is 0. The average Bonchev–Trinajstić information content (AvgIpc) is 1.83. The predicted molar refractivity (Wildman–Crippen MR) is 40.1 cm³/mol. The van der Waals surface area contributed by atoms with Crippen LogP contribution in [0.1, 0.15) is 20.8 Å². The predicted octanol–water partition coefficient (Wildman–Crippen LogP) is 0.876. The Labute approximate surface area is 65.8 Å². The SMILES string of the molecule is CC(C)(C)COC(=O)C=[N+]=[N-]. The van der Waals surface area contributed by atoms with Crippen LogP contribution in [0, 0.1) is 5.41 Å². The highest BCUT2D eigenvalue weighted by Crippen LogP contribution is 2.12. The second kappa shape index (κ2) is 3.88. The van der Waals surface area contributed by atoms with Crippen LogP contribution in [-0.4, -0.2) is 23.6 Å². The number of nitrogens with zero attached hydrogens (tertiary/aromatic N) is 2. The van der Waals surface area contributed by atoms with Crippen LogP contribution >= 0.6 is 0 Å². The van der Waals surface area contributed by atoms with Crippen molar-refractivity contribution in [1.29, 1.82) is 0 Å². The standard InChI is InChI=1S/C7H12N2O2/c1-7(2,3)5-11-6(10)4-9-8/h4H,5H2,1-3H3. The quantitative estimate of drug-likeness (QED) is 0.258. The minimum absolute atomic E-state index is 0.0566. The van der Waals surface area contributed by atoms with Gasteiger partial charge >= 0.3 is 12.2 Å². The molecule has 0 radical (unpaired) electrons.